The van der Waals surface area contributed by atoms with Gasteiger partial charge in [0, 0.05) is 37.7 Å². The molecule has 17 heteroatoms. The van der Waals surface area contributed by atoms with E-state index in [4.69, 9.17) is 11.6 Å². The van der Waals surface area contributed by atoms with Crippen molar-refractivity contribution in [1.29, 1.82) is 0 Å². The number of carbonyl (C=O) groups is 1. The molecule has 4 rings (SSSR count). The lowest BCUT2D eigenvalue weighted by molar-refractivity contribution is -0.138. The fourth-order valence-electron chi connectivity index (χ4n) is 5.29. The lowest BCUT2D eigenvalue weighted by atomic mass is 9.84. The van der Waals surface area contributed by atoms with E-state index >= 15 is 0 Å². The molecule has 2 fully saturated rings. The highest BCUT2D eigenvalue weighted by molar-refractivity contribution is 7.91. The van der Waals surface area contributed by atoms with Crippen LogP contribution in [0.3, 0.4) is 0 Å². The van der Waals surface area contributed by atoms with Gasteiger partial charge in [0.05, 0.1) is 33.6 Å². The molecule has 0 radical (unpaired) electrons. The van der Waals surface area contributed by atoms with Crippen LogP contribution < -0.4 is 15.4 Å². The third-order valence-electron chi connectivity index (χ3n) is 7.77. The number of amides is 1. The second-order valence-corrected chi connectivity index (χ2v) is 13.8. The van der Waals surface area contributed by atoms with Crippen LogP contribution in [0.1, 0.15) is 62.4 Å². The summed E-state index contributed by atoms with van der Waals surface area (Å²) in [5.74, 6) is -1.53. The first kappa shape index (κ1) is 33.2. The molecule has 240 valence electrons. The number of nitrogens with zero attached hydrogens (tertiary/aromatic N) is 3. The number of ether oxygens (including phenoxy) is 1. The highest BCUT2D eigenvalue weighted by atomic mass is 35.5. The fourth-order valence-corrected chi connectivity index (χ4v) is 6.71. The molecule has 10 nitrogen and oxygen atoms in total. The summed E-state index contributed by atoms with van der Waals surface area (Å²) in [6, 6.07) is 0.0626. The van der Waals surface area contributed by atoms with Crippen molar-refractivity contribution in [3.05, 3.63) is 23.0 Å². The van der Waals surface area contributed by atoms with Crippen molar-refractivity contribution in [2.24, 2.45) is 5.92 Å². The Morgan fingerprint density at radius 1 is 1.26 bits per heavy atom. The maximum absolute atomic E-state index is 13.4. The summed E-state index contributed by atoms with van der Waals surface area (Å²) in [7, 11) is -3.26. The number of aliphatic hydroxyl groups is 1. The van der Waals surface area contributed by atoms with Gasteiger partial charge in [-0.05, 0) is 51.4 Å². The lowest BCUT2D eigenvalue weighted by Crippen LogP contribution is -2.47. The van der Waals surface area contributed by atoms with Crippen molar-refractivity contribution in [1.82, 2.24) is 20.1 Å². The van der Waals surface area contributed by atoms with Crippen LogP contribution in [0.4, 0.5) is 27.8 Å². The Balaban J connectivity index is 1.56. The van der Waals surface area contributed by atoms with E-state index in [0.29, 0.717) is 12.8 Å². The average Bonchev–Trinajstić information content (AvgIpc) is 3.69. The highest BCUT2D eigenvalue weighted by Crippen LogP contribution is 2.41. The van der Waals surface area contributed by atoms with E-state index in [1.807, 2.05) is 0 Å². The quantitative estimate of drug-likeness (QED) is 0.277. The molecule has 0 spiro atoms. The molecule has 2 aromatic heterocycles. The minimum absolute atomic E-state index is 0.0189. The molecular weight excluding hydrogens is 625 g/mol. The van der Waals surface area contributed by atoms with Gasteiger partial charge in [0.1, 0.15) is 21.4 Å². The number of carbonyl (C=O) groups excluding carboxylic acids is 1. The van der Waals surface area contributed by atoms with Crippen LogP contribution in [-0.2, 0) is 16.4 Å². The molecule has 0 bridgehead atoms. The fraction of sp³-hybridized carbons (Fsp3) is 0.654. The molecule has 2 aliphatic rings. The van der Waals surface area contributed by atoms with Crippen molar-refractivity contribution in [2.75, 3.05) is 18.1 Å². The predicted octanol–water partition coefficient (Wildman–Crippen LogP) is 4.81. The third kappa shape index (κ3) is 8.47. The summed E-state index contributed by atoms with van der Waals surface area (Å²) < 4.78 is 95.7. The number of sulfone groups is 1. The highest BCUT2D eigenvalue weighted by Gasteiger charge is 2.41. The molecule has 2 aromatic rings. The van der Waals surface area contributed by atoms with Gasteiger partial charge >= 0.3 is 12.8 Å². The number of anilines is 1. The SMILES string of the molecule is CCn1nc(C(=O)NC[C@]2(O)CC[C@@H](S(C)(=O)=O)CC2)c(Cl)c1-c1cnc(NC(CC(F)(F)F)C2CC2)cc1OC(F)F. The molecule has 2 heterocycles. The largest absolute Gasteiger partial charge is 0.434 e. The molecule has 2 aliphatic carbocycles. The topological polar surface area (TPSA) is 135 Å². The molecule has 0 saturated heterocycles. The molecule has 0 aliphatic heterocycles. The Morgan fingerprint density at radius 3 is 2.44 bits per heavy atom. The van der Waals surface area contributed by atoms with Gasteiger partial charge in [0.2, 0.25) is 0 Å². The smallest absolute Gasteiger partial charge is 0.391 e. The van der Waals surface area contributed by atoms with Gasteiger partial charge in [0.25, 0.3) is 5.91 Å². The number of nitrogens with one attached hydrogen (secondary N) is 2. The van der Waals surface area contributed by atoms with Gasteiger partial charge in [-0.15, -0.1) is 0 Å². The van der Waals surface area contributed by atoms with Crippen LogP contribution >= 0.6 is 11.6 Å². The van der Waals surface area contributed by atoms with Crippen LogP contribution in [0.2, 0.25) is 5.02 Å². The number of pyridine rings is 1. The zero-order valence-electron chi connectivity index (χ0n) is 23.4. The van der Waals surface area contributed by atoms with E-state index in [9.17, 15) is 40.3 Å². The summed E-state index contributed by atoms with van der Waals surface area (Å²) in [6.45, 7) is -1.69. The molecule has 0 aromatic carbocycles. The van der Waals surface area contributed by atoms with Crippen LogP contribution in [0.5, 0.6) is 5.75 Å². The predicted molar refractivity (Wildman–Crippen MR) is 148 cm³/mol. The maximum Gasteiger partial charge on any atom is 0.391 e. The van der Waals surface area contributed by atoms with E-state index in [2.05, 4.69) is 25.5 Å². The normalized spacial score (nSPS) is 22.0. The van der Waals surface area contributed by atoms with Crippen molar-refractivity contribution in [3.63, 3.8) is 0 Å². The first-order valence-electron chi connectivity index (χ1n) is 13.7. The molecular formula is C26H33ClF5N5O5S. The van der Waals surface area contributed by atoms with Gasteiger partial charge in [-0.2, -0.15) is 27.1 Å². The van der Waals surface area contributed by atoms with Crippen molar-refractivity contribution >= 4 is 33.2 Å². The maximum atomic E-state index is 13.4. The monoisotopic (exact) mass is 657 g/mol. The zero-order chi connectivity index (χ0) is 31.7. The molecule has 1 unspecified atom stereocenters. The summed E-state index contributed by atoms with van der Waals surface area (Å²) in [5.41, 5.74) is -1.66. The number of aromatic nitrogens is 3. The Kier molecular flexibility index (Phi) is 9.81. The van der Waals surface area contributed by atoms with Crippen molar-refractivity contribution < 1.29 is 45.0 Å². The van der Waals surface area contributed by atoms with Crippen molar-refractivity contribution in [3.8, 4) is 17.0 Å². The second-order valence-electron chi connectivity index (χ2n) is 11.1. The van der Waals surface area contributed by atoms with Crippen LogP contribution in [-0.4, -0.2) is 76.7 Å². The second kappa shape index (κ2) is 12.7. The van der Waals surface area contributed by atoms with Crippen LogP contribution in [0.15, 0.2) is 12.3 Å². The number of rotatable bonds is 12. The summed E-state index contributed by atoms with van der Waals surface area (Å²) in [6.07, 6.45) is -1.33. The van der Waals surface area contributed by atoms with Gasteiger partial charge in [-0.1, -0.05) is 11.6 Å². The Hall–Kier alpha value is -2.72. The number of alkyl halides is 5. The minimum Gasteiger partial charge on any atom is -0.434 e. The van der Waals surface area contributed by atoms with E-state index in [0.717, 1.165) is 18.5 Å². The van der Waals surface area contributed by atoms with E-state index in [1.165, 1.54) is 4.68 Å². The van der Waals surface area contributed by atoms with Gasteiger partial charge < -0.3 is 20.5 Å². The Morgan fingerprint density at radius 2 is 1.91 bits per heavy atom. The van der Waals surface area contributed by atoms with Crippen LogP contribution in [0.25, 0.3) is 11.3 Å². The average molecular weight is 658 g/mol. The van der Waals surface area contributed by atoms with Gasteiger partial charge in [-0.25, -0.2) is 13.4 Å². The number of hydrogen-bond donors (Lipinski definition) is 3. The molecule has 1 amide bonds. The van der Waals surface area contributed by atoms with E-state index in [1.54, 1.807) is 6.92 Å². The van der Waals surface area contributed by atoms with E-state index < -0.39 is 57.6 Å². The lowest BCUT2D eigenvalue weighted by Gasteiger charge is -2.35. The van der Waals surface area contributed by atoms with Crippen LogP contribution in [0, 0.1) is 5.92 Å². The first-order valence-corrected chi connectivity index (χ1v) is 16.1. The summed E-state index contributed by atoms with van der Waals surface area (Å²) >= 11 is 6.53. The summed E-state index contributed by atoms with van der Waals surface area (Å²) in [4.78, 5) is 17.2. The Bertz CT molecular complexity index is 1430. The van der Waals surface area contributed by atoms with Crippen molar-refractivity contribution in [2.45, 2.75) is 88.1 Å². The number of aryl methyl sites for hydroxylation is 1. The molecule has 1 atom stereocenters. The van der Waals surface area contributed by atoms with E-state index in [-0.39, 0.29) is 72.5 Å². The molecule has 2 saturated carbocycles. The minimum atomic E-state index is -4.44. The first-order chi connectivity index (χ1) is 20.0. The Labute approximate surface area is 250 Å². The number of halogens is 6. The number of hydrogen-bond acceptors (Lipinski definition) is 8. The zero-order valence-corrected chi connectivity index (χ0v) is 25.0. The third-order valence-corrected chi connectivity index (χ3v) is 9.81. The molecule has 3 N–H and O–H groups in total. The van der Waals surface area contributed by atoms with Gasteiger partial charge in [0.15, 0.2) is 5.69 Å². The van der Waals surface area contributed by atoms with Gasteiger partial charge in [-0.3, -0.25) is 9.48 Å². The molecule has 43 heavy (non-hydrogen) atoms. The summed E-state index contributed by atoms with van der Waals surface area (Å²) in [5, 5.41) is 19.5. The standard InChI is InChI=1S/C26H33ClF5N5O5S/c1-3-37-22(20(27)21(36-37)23(38)34-13-25(39)8-6-15(7-9-25)43(2,40)41)16-12-33-19(10-18(16)42-24(28)29)35-17(14-4-5-14)11-26(30,31)32/h10,12,14-15,17,24,39H,3-9,11,13H2,1-2H3,(H,33,35)(H,34,38)/t15-,17?,25+.